The van der Waals surface area contributed by atoms with Gasteiger partial charge in [-0.3, -0.25) is 9.59 Å². The van der Waals surface area contributed by atoms with Crippen LogP contribution in [-0.2, 0) is 9.53 Å². The number of likely N-dealkylation sites (tertiary alicyclic amines) is 1. The molecule has 3 heterocycles. The van der Waals surface area contributed by atoms with Crippen molar-refractivity contribution in [3.8, 4) is 0 Å². The molecule has 0 aromatic carbocycles. The van der Waals surface area contributed by atoms with Gasteiger partial charge in [-0.25, -0.2) is 0 Å². The molecule has 2 aliphatic rings. The largest absolute Gasteiger partial charge is 0.378 e. The van der Waals surface area contributed by atoms with Gasteiger partial charge in [-0.05, 0) is 24.3 Å². The molecule has 6 nitrogen and oxygen atoms in total. The summed E-state index contributed by atoms with van der Waals surface area (Å²) in [7, 11) is 0. The van der Waals surface area contributed by atoms with Crippen LogP contribution in [0.4, 0.5) is 0 Å². The first-order chi connectivity index (χ1) is 10.7. The van der Waals surface area contributed by atoms with Gasteiger partial charge in [-0.2, -0.15) is 11.3 Å². The Labute approximate surface area is 146 Å². The standard InChI is InChI=1S/C15H21N3O3S.ClH/c19-14(11-3-8-22-10-11)17-12-1-5-18(6-2-12)15(20)13-9-21-7-4-16-13;/h3,8,10,12-13,16H,1-2,4-7,9H2,(H,17,19);1H. The number of morpholine rings is 1. The highest BCUT2D eigenvalue weighted by atomic mass is 35.5. The van der Waals surface area contributed by atoms with Gasteiger partial charge in [0, 0.05) is 36.6 Å². The first-order valence-corrected chi connectivity index (χ1v) is 8.61. The third-order valence-corrected chi connectivity index (χ3v) is 4.83. The van der Waals surface area contributed by atoms with Crippen molar-refractivity contribution in [3.05, 3.63) is 22.4 Å². The average molecular weight is 360 g/mol. The van der Waals surface area contributed by atoms with Crippen LogP contribution in [0.15, 0.2) is 16.8 Å². The van der Waals surface area contributed by atoms with E-state index in [0.29, 0.717) is 31.9 Å². The summed E-state index contributed by atoms with van der Waals surface area (Å²) in [6, 6.07) is 1.76. The molecule has 1 aromatic rings. The first kappa shape index (κ1) is 18.2. The molecule has 0 aliphatic carbocycles. The van der Waals surface area contributed by atoms with Crippen LogP contribution in [-0.4, -0.2) is 61.6 Å². The number of thiophene rings is 1. The van der Waals surface area contributed by atoms with E-state index in [1.165, 1.54) is 11.3 Å². The maximum Gasteiger partial charge on any atom is 0.252 e. The number of ether oxygens (including phenoxy) is 1. The van der Waals surface area contributed by atoms with Crippen molar-refractivity contribution >= 4 is 35.6 Å². The summed E-state index contributed by atoms with van der Waals surface area (Å²) < 4.78 is 5.34. The minimum atomic E-state index is -0.217. The second-order valence-corrected chi connectivity index (χ2v) is 6.45. The molecule has 1 atom stereocenters. The molecule has 2 aliphatic heterocycles. The molecule has 23 heavy (non-hydrogen) atoms. The molecule has 1 unspecified atom stereocenters. The lowest BCUT2D eigenvalue weighted by atomic mass is 10.0. The van der Waals surface area contributed by atoms with E-state index < -0.39 is 0 Å². The monoisotopic (exact) mass is 359 g/mol. The number of nitrogens with zero attached hydrogens (tertiary/aromatic N) is 1. The van der Waals surface area contributed by atoms with Gasteiger partial charge in [0.25, 0.3) is 5.91 Å². The molecular weight excluding hydrogens is 338 g/mol. The highest BCUT2D eigenvalue weighted by Gasteiger charge is 2.29. The number of piperidine rings is 1. The Kier molecular flexibility index (Phi) is 6.83. The minimum Gasteiger partial charge on any atom is -0.378 e. The number of halogens is 1. The van der Waals surface area contributed by atoms with E-state index in [1.807, 2.05) is 21.7 Å². The maximum atomic E-state index is 12.4. The molecule has 8 heteroatoms. The summed E-state index contributed by atoms with van der Waals surface area (Å²) in [4.78, 5) is 26.3. The number of hydrogen-bond donors (Lipinski definition) is 2. The van der Waals surface area contributed by atoms with Gasteiger partial charge >= 0.3 is 0 Å². The van der Waals surface area contributed by atoms with Gasteiger partial charge in [0.2, 0.25) is 5.91 Å². The molecule has 0 radical (unpaired) electrons. The highest BCUT2D eigenvalue weighted by molar-refractivity contribution is 7.08. The second kappa shape index (κ2) is 8.63. The normalized spacial score (nSPS) is 22.3. The number of rotatable bonds is 3. The summed E-state index contributed by atoms with van der Waals surface area (Å²) in [5.74, 6) is 0.0932. The quantitative estimate of drug-likeness (QED) is 0.840. The van der Waals surface area contributed by atoms with Crippen LogP contribution in [0, 0.1) is 0 Å². The Morgan fingerprint density at radius 3 is 2.74 bits per heavy atom. The Balaban J connectivity index is 0.00000192. The van der Waals surface area contributed by atoms with Crippen LogP contribution in [0.2, 0.25) is 0 Å². The number of carbonyl (C=O) groups is 2. The van der Waals surface area contributed by atoms with Crippen molar-refractivity contribution in [1.82, 2.24) is 15.5 Å². The van der Waals surface area contributed by atoms with Gasteiger partial charge in [-0.15, -0.1) is 12.4 Å². The van der Waals surface area contributed by atoms with Gasteiger partial charge < -0.3 is 20.3 Å². The molecule has 128 valence electrons. The minimum absolute atomic E-state index is 0. The van der Waals surface area contributed by atoms with Gasteiger partial charge in [-0.1, -0.05) is 0 Å². The van der Waals surface area contributed by atoms with Crippen LogP contribution >= 0.6 is 23.7 Å². The molecule has 0 saturated carbocycles. The van der Waals surface area contributed by atoms with E-state index in [-0.39, 0.29) is 36.3 Å². The molecule has 2 fully saturated rings. The van der Waals surface area contributed by atoms with Gasteiger partial charge in [0.1, 0.15) is 6.04 Å². The maximum absolute atomic E-state index is 12.4. The Morgan fingerprint density at radius 1 is 1.35 bits per heavy atom. The molecule has 2 N–H and O–H groups in total. The van der Waals surface area contributed by atoms with Crippen molar-refractivity contribution in [2.24, 2.45) is 0 Å². The van der Waals surface area contributed by atoms with Crippen molar-refractivity contribution in [2.75, 3.05) is 32.8 Å². The molecule has 1 aromatic heterocycles. The zero-order valence-corrected chi connectivity index (χ0v) is 14.5. The lowest BCUT2D eigenvalue weighted by Crippen LogP contribution is -2.55. The fourth-order valence-corrected chi connectivity index (χ4v) is 3.49. The zero-order valence-electron chi connectivity index (χ0n) is 12.8. The summed E-state index contributed by atoms with van der Waals surface area (Å²) in [6.45, 7) is 3.22. The fourth-order valence-electron chi connectivity index (χ4n) is 2.85. The van der Waals surface area contributed by atoms with E-state index in [9.17, 15) is 9.59 Å². The second-order valence-electron chi connectivity index (χ2n) is 5.67. The summed E-state index contributed by atoms with van der Waals surface area (Å²) in [6.07, 6.45) is 1.60. The van der Waals surface area contributed by atoms with Crippen LogP contribution < -0.4 is 10.6 Å². The average Bonchev–Trinajstić information content (AvgIpc) is 3.10. The first-order valence-electron chi connectivity index (χ1n) is 7.67. The van der Waals surface area contributed by atoms with E-state index in [1.54, 1.807) is 0 Å². The van der Waals surface area contributed by atoms with Crippen LogP contribution in [0.3, 0.4) is 0 Å². The Hall–Kier alpha value is -1.15. The number of amides is 2. The number of nitrogens with one attached hydrogen (secondary N) is 2. The Bertz CT molecular complexity index is 512. The molecule has 0 bridgehead atoms. The lowest BCUT2D eigenvalue weighted by molar-refractivity contribution is -0.137. The van der Waals surface area contributed by atoms with Gasteiger partial charge in [0.05, 0.1) is 13.2 Å². The van der Waals surface area contributed by atoms with Crippen molar-refractivity contribution in [2.45, 2.75) is 24.9 Å². The highest BCUT2D eigenvalue weighted by Crippen LogP contribution is 2.14. The number of hydrogen-bond acceptors (Lipinski definition) is 5. The third kappa shape index (κ3) is 4.67. The van der Waals surface area contributed by atoms with E-state index in [2.05, 4.69) is 10.6 Å². The van der Waals surface area contributed by atoms with Crippen LogP contribution in [0.25, 0.3) is 0 Å². The van der Waals surface area contributed by atoms with Crippen molar-refractivity contribution in [1.29, 1.82) is 0 Å². The predicted molar refractivity (Wildman–Crippen MR) is 91.2 cm³/mol. The van der Waals surface area contributed by atoms with Crippen molar-refractivity contribution < 1.29 is 14.3 Å². The molecule has 3 rings (SSSR count). The molecule has 2 amide bonds. The smallest absolute Gasteiger partial charge is 0.252 e. The molecular formula is C15H22ClN3O3S. The van der Waals surface area contributed by atoms with Crippen LogP contribution in [0.5, 0.6) is 0 Å². The predicted octanol–water partition coefficient (Wildman–Crippen LogP) is 0.879. The number of carbonyl (C=O) groups excluding carboxylic acids is 2. The molecule has 2 saturated heterocycles. The Morgan fingerprint density at radius 2 is 2.13 bits per heavy atom. The summed E-state index contributed by atoms with van der Waals surface area (Å²) in [5, 5.41) is 9.99. The van der Waals surface area contributed by atoms with Crippen LogP contribution in [0.1, 0.15) is 23.2 Å². The fraction of sp³-hybridized carbons (Fsp3) is 0.600. The van der Waals surface area contributed by atoms with E-state index in [0.717, 1.165) is 19.4 Å². The van der Waals surface area contributed by atoms with E-state index in [4.69, 9.17) is 4.74 Å². The topological polar surface area (TPSA) is 70.7 Å². The SMILES string of the molecule is Cl.O=C(NC1CCN(C(=O)C2COCCN2)CC1)c1ccsc1. The summed E-state index contributed by atoms with van der Waals surface area (Å²) in [5.41, 5.74) is 0.715. The lowest BCUT2D eigenvalue weighted by Gasteiger charge is -2.35. The van der Waals surface area contributed by atoms with Gasteiger partial charge in [0.15, 0.2) is 0 Å². The third-order valence-electron chi connectivity index (χ3n) is 4.14. The van der Waals surface area contributed by atoms with Crippen molar-refractivity contribution in [3.63, 3.8) is 0 Å². The zero-order chi connectivity index (χ0) is 15.4. The van der Waals surface area contributed by atoms with E-state index >= 15 is 0 Å². The summed E-state index contributed by atoms with van der Waals surface area (Å²) >= 11 is 1.52. The molecule has 0 spiro atoms.